The van der Waals surface area contributed by atoms with E-state index in [1.807, 2.05) is 13.8 Å². The molecule has 2 aromatic heterocycles. The van der Waals surface area contributed by atoms with Crippen LogP contribution in [0.15, 0.2) is 15.5 Å². The molecule has 1 amide bonds. The minimum atomic E-state index is -0.351. The van der Waals surface area contributed by atoms with Crippen molar-refractivity contribution in [1.29, 1.82) is 0 Å². The fourth-order valence-electron chi connectivity index (χ4n) is 2.96. The number of piperazine rings is 1. The molecule has 0 radical (unpaired) electrons. The van der Waals surface area contributed by atoms with Crippen molar-refractivity contribution in [3.63, 3.8) is 0 Å². The van der Waals surface area contributed by atoms with Gasteiger partial charge in [0.15, 0.2) is 0 Å². The monoisotopic (exact) mass is 326 g/mol. The zero-order chi connectivity index (χ0) is 15.1. The van der Waals surface area contributed by atoms with Gasteiger partial charge in [0.1, 0.15) is 11.1 Å². The summed E-state index contributed by atoms with van der Waals surface area (Å²) in [5, 5.41) is 3.61. The second-order valence-corrected chi connectivity index (χ2v) is 5.62. The van der Waals surface area contributed by atoms with Crippen LogP contribution in [0.3, 0.4) is 0 Å². The summed E-state index contributed by atoms with van der Waals surface area (Å²) in [6, 6.07) is 0.431. The first-order chi connectivity index (χ1) is 9.97. The van der Waals surface area contributed by atoms with Crippen molar-refractivity contribution in [2.45, 2.75) is 32.9 Å². The highest BCUT2D eigenvalue weighted by molar-refractivity contribution is 6.06. The largest absolute Gasteiger partial charge is 0.442 e. The van der Waals surface area contributed by atoms with E-state index < -0.39 is 0 Å². The Morgan fingerprint density at radius 2 is 2.00 bits per heavy atom. The van der Waals surface area contributed by atoms with Gasteiger partial charge in [-0.1, -0.05) is 0 Å². The summed E-state index contributed by atoms with van der Waals surface area (Å²) in [5.41, 5.74) is 0.174. The number of rotatable bonds is 1. The van der Waals surface area contributed by atoms with Gasteiger partial charge in [0, 0.05) is 25.2 Å². The van der Waals surface area contributed by atoms with E-state index >= 15 is 0 Å². The summed E-state index contributed by atoms with van der Waals surface area (Å²) in [4.78, 5) is 33.0. The second-order valence-electron chi connectivity index (χ2n) is 5.62. The van der Waals surface area contributed by atoms with Crippen LogP contribution in [0, 0.1) is 6.92 Å². The molecule has 0 spiro atoms. The Labute approximate surface area is 133 Å². The minimum Gasteiger partial charge on any atom is -0.442 e. The molecule has 2 atom stereocenters. The Hall–Kier alpha value is -1.86. The van der Waals surface area contributed by atoms with E-state index in [0.29, 0.717) is 24.4 Å². The van der Waals surface area contributed by atoms with Gasteiger partial charge in [-0.2, -0.15) is 0 Å². The predicted octanol–water partition coefficient (Wildman–Crippen LogP) is 1.07. The highest BCUT2D eigenvalue weighted by Crippen LogP contribution is 2.23. The molecule has 2 unspecified atom stereocenters. The molecule has 3 rings (SSSR count). The van der Waals surface area contributed by atoms with Gasteiger partial charge in [-0.25, -0.2) is 4.98 Å². The smallest absolute Gasteiger partial charge is 0.262 e. The Kier molecular flexibility index (Phi) is 4.58. The molecule has 0 aromatic carbocycles. The molecule has 1 aliphatic heterocycles. The molecule has 8 heteroatoms. The first kappa shape index (κ1) is 16.5. The van der Waals surface area contributed by atoms with E-state index in [9.17, 15) is 9.59 Å². The van der Waals surface area contributed by atoms with Gasteiger partial charge in [-0.15, -0.1) is 12.4 Å². The van der Waals surface area contributed by atoms with Crippen LogP contribution < -0.4 is 10.9 Å². The number of nitrogens with zero attached hydrogens (tertiary/aromatic N) is 2. The fraction of sp³-hybridized carbons (Fsp3) is 0.500. The summed E-state index contributed by atoms with van der Waals surface area (Å²) >= 11 is 0. The van der Waals surface area contributed by atoms with Crippen LogP contribution in [-0.2, 0) is 0 Å². The number of carbonyl (C=O) groups is 1. The maximum atomic E-state index is 12.8. The van der Waals surface area contributed by atoms with E-state index in [1.165, 1.54) is 6.33 Å². The molecule has 2 N–H and O–H groups in total. The molecular weight excluding hydrogens is 308 g/mol. The number of amides is 1. The summed E-state index contributed by atoms with van der Waals surface area (Å²) in [6.07, 6.45) is 1.27. The third kappa shape index (κ3) is 2.74. The topological polar surface area (TPSA) is 91.2 Å². The number of halogens is 1. The Bertz CT molecular complexity index is 744. The van der Waals surface area contributed by atoms with Crippen LogP contribution >= 0.6 is 12.4 Å². The molecular formula is C14H19ClN4O3. The molecule has 0 saturated carbocycles. The first-order valence-corrected chi connectivity index (χ1v) is 6.99. The van der Waals surface area contributed by atoms with Gasteiger partial charge >= 0.3 is 0 Å². The van der Waals surface area contributed by atoms with Crippen molar-refractivity contribution < 1.29 is 9.21 Å². The highest BCUT2D eigenvalue weighted by atomic mass is 35.5. The Morgan fingerprint density at radius 3 is 2.64 bits per heavy atom. The highest BCUT2D eigenvalue weighted by Gasteiger charge is 2.30. The van der Waals surface area contributed by atoms with Crippen molar-refractivity contribution in [2.24, 2.45) is 0 Å². The normalized spacial score (nSPS) is 21.7. The summed E-state index contributed by atoms with van der Waals surface area (Å²) < 4.78 is 5.45. The van der Waals surface area contributed by atoms with Crippen molar-refractivity contribution in [1.82, 2.24) is 20.2 Å². The third-order valence-electron chi connectivity index (χ3n) is 3.73. The summed E-state index contributed by atoms with van der Waals surface area (Å²) in [5.74, 6) is 0.253. The SMILES string of the molecule is Cc1oc2nc[nH]c(=O)c2c1C(=O)N1CC(C)NC(C)C1.Cl. The minimum absolute atomic E-state index is 0. The van der Waals surface area contributed by atoms with Crippen molar-refractivity contribution in [2.75, 3.05) is 13.1 Å². The van der Waals surface area contributed by atoms with Gasteiger partial charge in [0.2, 0.25) is 5.71 Å². The molecule has 1 aliphatic rings. The molecule has 3 heterocycles. The molecule has 2 aromatic rings. The second kappa shape index (κ2) is 6.10. The van der Waals surface area contributed by atoms with Gasteiger partial charge in [-0.05, 0) is 20.8 Å². The first-order valence-electron chi connectivity index (χ1n) is 6.99. The number of fused-ring (bicyclic) bond motifs is 1. The van der Waals surface area contributed by atoms with E-state index in [1.54, 1.807) is 11.8 Å². The lowest BCUT2D eigenvalue weighted by Crippen LogP contribution is -2.55. The van der Waals surface area contributed by atoms with Crippen LogP contribution in [0.4, 0.5) is 0 Å². The van der Waals surface area contributed by atoms with E-state index in [2.05, 4.69) is 15.3 Å². The number of aromatic nitrogens is 2. The van der Waals surface area contributed by atoms with E-state index in [4.69, 9.17) is 4.42 Å². The van der Waals surface area contributed by atoms with E-state index in [0.717, 1.165) is 0 Å². The predicted molar refractivity (Wildman–Crippen MR) is 84.6 cm³/mol. The van der Waals surface area contributed by atoms with Gasteiger partial charge in [0.05, 0.1) is 11.9 Å². The lowest BCUT2D eigenvalue weighted by molar-refractivity contribution is 0.0673. The number of nitrogens with one attached hydrogen (secondary N) is 2. The molecule has 0 bridgehead atoms. The number of H-pyrrole nitrogens is 1. The number of furan rings is 1. The summed E-state index contributed by atoms with van der Waals surface area (Å²) in [7, 11) is 0. The molecule has 7 nitrogen and oxygen atoms in total. The summed E-state index contributed by atoms with van der Waals surface area (Å²) in [6.45, 7) is 6.96. The van der Waals surface area contributed by atoms with Crippen LogP contribution in [0.25, 0.3) is 11.1 Å². The number of carbonyl (C=O) groups excluding carboxylic acids is 1. The van der Waals surface area contributed by atoms with Crippen LogP contribution in [-0.4, -0.2) is 45.9 Å². The standard InChI is InChI=1S/C14H18N4O3.ClH/c1-7-4-18(5-8(2)17-7)14(20)10-9(3)21-13-11(10)12(19)15-6-16-13;/h6-8,17H,4-5H2,1-3H3,(H,15,16,19);1H. The zero-order valence-corrected chi connectivity index (χ0v) is 13.5. The lowest BCUT2D eigenvalue weighted by atomic mass is 10.1. The maximum Gasteiger partial charge on any atom is 0.262 e. The van der Waals surface area contributed by atoms with Gasteiger partial charge < -0.3 is 19.6 Å². The molecule has 120 valence electrons. The fourth-order valence-corrected chi connectivity index (χ4v) is 2.96. The molecule has 1 fully saturated rings. The van der Waals surface area contributed by atoms with Gasteiger partial charge in [0.25, 0.3) is 11.5 Å². The van der Waals surface area contributed by atoms with Crippen LogP contribution in [0.1, 0.15) is 30.0 Å². The van der Waals surface area contributed by atoms with Crippen molar-refractivity contribution >= 4 is 29.4 Å². The Balaban J connectivity index is 0.00000176. The number of aryl methyl sites for hydroxylation is 1. The number of aromatic amines is 1. The maximum absolute atomic E-state index is 12.8. The van der Waals surface area contributed by atoms with Crippen LogP contribution in [0.5, 0.6) is 0 Å². The lowest BCUT2D eigenvalue weighted by Gasteiger charge is -2.36. The molecule has 22 heavy (non-hydrogen) atoms. The average molecular weight is 327 g/mol. The Morgan fingerprint density at radius 1 is 1.36 bits per heavy atom. The third-order valence-corrected chi connectivity index (χ3v) is 3.73. The quantitative estimate of drug-likeness (QED) is 0.818. The average Bonchev–Trinajstić information content (AvgIpc) is 2.74. The molecule has 0 aliphatic carbocycles. The molecule has 1 saturated heterocycles. The van der Waals surface area contributed by atoms with Crippen molar-refractivity contribution in [3.05, 3.63) is 28.0 Å². The number of hydrogen-bond acceptors (Lipinski definition) is 5. The van der Waals surface area contributed by atoms with Crippen molar-refractivity contribution in [3.8, 4) is 0 Å². The number of hydrogen-bond donors (Lipinski definition) is 2. The van der Waals surface area contributed by atoms with E-state index in [-0.39, 0.29) is 47.1 Å². The van der Waals surface area contributed by atoms with Gasteiger partial charge in [-0.3, -0.25) is 9.59 Å². The van der Waals surface area contributed by atoms with Crippen LogP contribution in [0.2, 0.25) is 0 Å². The zero-order valence-electron chi connectivity index (χ0n) is 12.7.